The fourth-order valence-corrected chi connectivity index (χ4v) is 0.950. The number of nitrogens with two attached hydrogens (primary N) is 1. The molecule has 5 N–H and O–H groups in total. The van der Waals surface area contributed by atoms with Crippen LogP contribution in [0.4, 0.5) is 5.82 Å². The van der Waals surface area contributed by atoms with E-state index in [0.29, 0.717) is 0 Å². The number of aromatic amines is 1. The minimum atomic E-state index is -1.15. The number of carbonyl (C=O) groups is 1. The highest BCUT2D eigenvalue weighted by Gasteiger charge is 2.21. The summed E-state index contributed by atoms with van der Waals surface area (Å²) >= 11 is 0. The molecule has 1 rings (SSSR count). The van der Waals surface area contributed by atoms with Crippen LogP contribution in [0.3, 0.4) is 0 Å². The molecule has 0 aliphatic rings. The van der Waals surface area contributed by atoms with E-state index in [1.165, 1.54) is 0 Å². The van der Waals surface area contributed by atoms with Crippen LogP contribution in [0.2, 0.25) is 0 Å². The zero-order valence-electron chi connectivity index (χ0n) is 7.87. The number of carboxylic acid groups (broad SMARTS) is 1. The molecule has 0 spiro atoms. The standard InChI is InChI=1S/C7H12N4O3/c1-3(2)14-6-4(7(12)13)5(9-8)10-11-6/h3H,8H2,1-2H3,(H,12,13)(H2,9,10,11). The van der Waals surface area contributed by atoms with Gasteiger partial charge in [0, 0.05) is 0 Å². The van der Waals surface area contributed by atoms with Gasteiger partial charge in [0.2, 0.25) is 5.88 Å². The minimum absolute atomic E-state index is 0.0492. The van der Waals surface area contributed by atoms with Crippen LogP contribution in [0.1, 0.15) is 24.2 Å². The van der Waals surface area contributed by atoms with Crippen LogP contribution in [0.25, 0.3) is 0 Å². The fourth-order valence-electron chi connectivity index (χ4n) is 0.950. The Morgan fingerprint density at radius 1 is 1.71 bits per heavy atom. The van der Waals surface area contributed by atoms with Gasteiger partial charge in [-0.1, -0.05) is 0 Å². The molecular weight excluding hydrogens is 188 g/mol. The van der Waals surface area contributed by atoms with Crippen molar-refractivity contribution >= 4 is 11.8 Å². The number of hydrogen-bond donors (Lipinski definition) is 4. The number of nitrogens with zero attached hydrogens (tertiary/aromatic N) is 1. The summed E-state index contributed by atoms with van der Waals surface area (Å²) in [5.74, 6) is 4.08. The molecule has 0 saturated carbocycles. The first-order chi connectivity index (χ1) is 6.56. The third-order valence-electron chi connectivity index (χ3n) is 1.44. The predicted molar refractivity (Wildman–Crippen MR) is 49.1 cm³/mol. The second-order valence-electron chi connectivity index (χ2n) is 2.89. The third kappa shape index (κ3) is 1.94. The first-order valence-corrected chi connectivity index (χ1v) is 4.01. The second-order valence-corrected chi connectivity index (χ2v) is 2.89. The van der Waals surface area contributed by atoms with E-state index >= 15 is 0 Å². The second kappa shape index (κ2) is 3.97. The van der Waals surface area contributed by atoms with E-state index in [1.807, 2.05) is 0 Å². The summed E-state index contributed by atoms with van der Waals surface area (Å²) in [6, 6.07) is 0. The molecule has 0 aromatic carbocycles. The maximum Gasteiger partial charge on any atom is 0.345 e. The number of aromatic carboxylic acids is 1. The molecule has 78 valence electrons. The van der Waals surface area contributed by atoms with Gasteiger partial charge in [0.25, 0.3) is 0 Å². The van der Waals surface area contributed by atoms with Crippen LogP contribution in [-0.4, -0.2) is 27.4 Å². The molecule has 0 amide bonds. The van der Waals surface area contributed by atoms with Crippen LogP contribution in [0.5, 0.6) is 5.88 Å². The Kier molecular flexibility index (Phi) is 2.92. The Labute approximate surface area is 80.2 Å². The topological polar surface area (TPSA) is 113 Å². The minimum Gasteiger partial charge on any atom is -0.477 e. The molecule has 1 aromatic heterocycles. The number of H-pyrrole nitrogens is 1. The van der Waals surface area contributed by atoms with Crippen molar-refractivity contribution in [3.63, 3.8) is 0 Å². The van der Waals surface area contributed by atoms with Crippen LogP contribution in [0, 0.1) is 0 Å². The molecule has 0 aliphatic heterocycles. The number of ether oxygens (including phenoxy) is 1. The summed E-state index contributed by atoms with van der Waals surface area (Å²) < 4.78 is 5.19. The molecule has 0 radical (unpaired) electrons. The molecule has 0 bridgehead atoms. The molecule has 0 fully saturated rings. The normalized spacial score (nSPS) is 10.3. The van der Waals surface area contributed by atoms with Crippen molar-refractivity contribution in [1.29, 1.82) is 0 Å². The highest BCUT2D eigenvalue weighted by Crippen LogP contribution is 2.23. The van der Waals surface area contributed by atoms with Gasteiger partial charge in [-0.15, -0.1) is 0 Å². The van der Waals surface area contributed by atoms with Crippen molar-refractivity contribution in [3.8, 4) is 5.88 Å². The summed E-state index contributed by atoms with van der Waals surface area (Å²) in [7, 11) is 0. The molecule has 0 saturated heterocycles. The van der Waals surface area contributed by atoms with E-state index in [4.69, 9.17) is 15.7 Å². The predicted octanol–water partition coefficient (Wildman–Crippen LogP) is 0.181. The van der Waals surface area contributed by atoms with E-state index in [1.54, 1.807) is 13.8 Å². The summed E-state index contributed by atoms with van der Waals surface area (Å²) in [6.45, 7) is 3.56. The Morgan fingerprint density at radius 2 is 2.36 bits per heavy atom. The van der Waals surface area contributed by atoms with E-state index in [2.05, 4.69) is 15.6 Å². The number of carboxylic acids is 1. The number of nitrogen functional groups attached to an aromatic ring is 1. The van der Waals surface area contributed by atoms with Gasteiger partial charge >= 0.3 is 5.97 Å². The largest absolute Gasteiger partial charge is 0.477 e. The highest BCUT2D eigenvalue weighted by molar-refractivity contribution is 5.95. The van der Waals surface area contributed by atoms with Crippen molar-refractivity contribution < 1.29 is 14.6 Å². The van der Waals surface area contributed by atoms with Gasteiger partial charge < -0.3 is 15.3 Å². The number of hydrazine groups is 1. The number of anilines is 1. The van der Waals surface area contributed by atoms with Gasteiger partial charge in [-0.3, -0.25) is 0 Å². The average Bonchev–Trinajstić information content (AvgIpc) is 2.46. The lowest BCUT2D eigenvalue weighted by Gasteiger charge is -2.07. The molecule has 1 heterocycles. The van der Waals surface area contributed by atoms with Crippen molar-refractivity contribution in [2.45, 2.75) is 20.0 Å². The Bertz CT molecular complexity index is 334. The van der Waals surface area contributed by atoms with Gasteiger partial charge in [0.05, 0.1) is 6.10 Å². The van der Waals surface area contributed by atoms with E-state index < -0.39 is 5.97 Å². The number of rotatable bonds is 4. The van der Waals surface area contributed by atoms with Crippen LogP contribution in [0.15, 0.2) is 0 Å². The molecular formula is C7H12N4O3. The zero-order valence-corrected chi connectivity index (χ0v) is 7.87. The van der Waals surface area contributed by atoms with Gasteiger partial charge in [0.1, 0.15) is 0 Å². The number of aromatic nitrogens is 2. The SMILES string of the molecule is CC(C)Oc1[nH]nc(NN)c1C(=O)O. The number of nitrogens with one attached hydrogen (secondary N) is 2. The summed E-state index contributed by atoms with van der Waals surface area (Å²) in [5.41, 5.74) is 2.07. The smallest absolute Gasteiger partial charge is 0.345 e. The Balaban J connectivity index is 3.04. The Hall–Kier alpha value is -1.76. The van der Waals surface area contributed by atoms with Crippen LogP contribution in [-0.2, 0) is 0 Å². The van der Waals surface area contributed by atoms with E-state index in [9.17, 15) is 4.79 Å². The first-order valence-electron chi connectivity index (χ1n) is 4.01. The van der Waals surface area contributed by atoms with Crippen molar-refractivity contribution in [2.24, 2.45) is 5.84 Å². The van der Waals surface area contributed by atoms with Gasteiger partial charge in [-0.25, -0.2) is 15.7 Å². The van der Waals surface area contributed by atoms with Gasteiger partial charge in [-0.2, -0.15) is 5.10 Å². The quantitative estimate of drug-likeness (QED) is 0.407. The summed E-state index contributed by atoms with van der Waals surface area (Å²) in [4.78, 5) is 10.8. The molecule has 1 aromatic rings. The van der Waals surface area contributed by atoms with Crippen molar-refractivity contribution in [1.82, 2.24) is 10.2 Å². The number of hydrogen-bond acceptors (Lipinski definition) is 5. The summed E-state index contributed by atoms with van der Waals surface area (Å²) in [5, 5.41) is 14.9. The maximum absolute atomic E-state index is 10.8. The van der Waals surface area contributed by atoms with Gasteiger partial charge in [0.15, 0.2) is 11.4 Å². The molecule has 7 heteroatoms. The Morgan fingerprint density at radius 3 is 2.79 bits per heavy atom. The van der Waals surface area contributed by atoms with Crippen molar-refractivity contribution in [3.05, 3.63) is 5.56 Å². The molecule has 0 aliphatic carbocycles. The average molecular weight is 200 g/mol. The van der Waals surface area contributed by atoms with E-state index in [0.717, 1.165) is 0 Å². The maximum atomic E-state index is 10.8. The zero-order chi connectivity index (χ0) is 10.7. The van der Waals surface area contributed by atoms with Gasteiger partial charge in [-0.05, 0) is 13.8 Å². The molecule has 14 heavy (non-hydrogen) atoms. The highest BCUT2D eigenvalue weighted by atomic mass is 16.5. The van der Waals surface area contributed by atoms with Crippen molar-refractivity contribution in [2.75, 3.05) is 5.43 Å². The molecule has 0 atom stereocenters. The van der Waals surface area contributed by atoms with Crippen LogP contribution >= 0.6 is 0 Å². The lowest BCUT2D eigenvalue weighted by molar-refractivity contribution is 0.0691. The third-order valence-corrected chi connectivity index (χ3v) is 1.44. The summed E-state index contributed by atoms with van der Waals surface area (Å²) in [6.07, 6.45) is -0.140. The van der Waals surface area contributed by atoms with Crippen LogP contribution < -0.4 is 16.0 Å². The lowest BCUT2D eigenvalue weighted by atomic mass is 10.3. The molecule has 0 unspecified atom stereocenters. The fraction of sp³-hybridized carbons (Fsp3) is 0.429. The first kappa shape index (κ1) is 10.3. The van der Waals surface area contributed by atoms with E-state index in [-0.39, 0.29) is 23.4 Å². The lowest BCUT2D eigenvalue weighted by Crippen LogP contribution is -2.13. The molecule has 7 nitrogen and oxygen atoms in total. The monoisotopic (exact) mass is 200 g/mol.